The van der Waals surface area contributed by atoms with Gasteiger partial charge in [0.1, 0.15) is 0 Å². The zero-order chi connectivity index (χ0) is 10.0. The van der Waals surface area contributed by atoms with Gasteiger partial charge in [-0.2, -0.15) is 0 Å². The predicted molar refractivity (Wildman–Crippen MR) is 59.5 cm³/mol. The lowest BCUT2D eigenvalue weighted by molar-refractivity contribution is 0.108. The van der Waals surface area contributed by atoms with Crippen LogP contribution < -0.4 is 0 Å². The molecule has 1 aromatic rings. The Morgan fingerprint density at radius 3 is 1.69 bits per heavy atom. The first-order valence-electron chi connectivity index (χ1n) is 3.21. The summed E-state index contributed by atoms with van der Waals surface area (Å²) in [6.07, 6.45) is 0. The first-order chi connectivity index (χ1) is 6.00. The third kappa shape index (κ3) is 2.93. The van der Waals surface area contributed by atoms with E-state index in [4.69, 9.17) is 23.2 Å². The minimum Gasteiger partial charge on any atom is -0.276 e. The topological polar surface area (TPSA) is 34.1 Å². The van der Waals surface area contributed by atoms with Gasteiger partial charge in [0.05, 0.1) is 0 Å². The van der Waals surface area contributed by atoms with E-state index in [1.165, 1.54) is 6.07 Å². The van der Waals surface area contributed by atoms with Crippen molar-refractivity contribution >= 4 is 56.3 Å². The summed E-state index contributed by atoms with van der Waals surface area (Å²) in [5.41, 5.74) is 0.551. The van der Waals surface area contributed by atoms with Gasteiger partial charge in [0.25, 0.3) is 10.5 Å². The Labute approximate surface area is 98.4 Å². The Hall–Kier alpha value is -0.130. The van der Waals surface area contributed by atoms with E-state index >= 15 is 0 Å². The Bertz CT molecular complexity index is 344. The molecule has 0 saturated carbocycles. The number of halogens is 3. The summed E-state index contributed by atoms with van der Waals surface area (Å²) in [6, 6.07) is 4.53. The normalized spacial score (nSPS) is 9.77. The van der Waals surface area contributed by atoms with E-state index in [0.717, 1.165) is 3.57 Å². The van der Waals surface area contributed by atoms with E-state index in [0.29, 0.717) is 0 Å². The van der Waals surface area contributed by atoms with Crippen LogP contribution in [0.1, 0.15) is 20.7 Å². The molecule has 0 bridgehead atoms. The quantitative estimate of drug-likeness (QED) is 0.617. The number of hydrogen-bond acceptors (Lipinski definition) is 2. The number of rotatable bonds is 2. The second-order valence-corrected chi connectivity index (χ2v) is 4.21. The molecule has 0 aliphatic carbocycles. The van der Waals surface area contributed by atoms with E-state index in [9.17, 15) is 9.59 Å². The molecule has 0 spiro atoms. The standard InChI is InChI=1S/C8H3Cl2IO2/c9-7(12)4-1-5(8(10)13)3-6(11)2-4/h1-3H. The van der Waals surface area contributed by atoms with Crippen molar-refractivity contribution in [2.45, 2.75) is 0 Å². The Kier molecular flexibility index (Phi) is 3.70. The van der Waals surface area contributed by atoms with Gasteiger partial charge in [-0.25, -0.2) is 0 Å². The summed E-state index contributed by atoms with van der Waals surface area (Å²) in [5.74, 6) is 0. The highest BCUT2D eigenvalue weighted by atomic mass is 127. The molecule has 0 saturated heterocycles. The monoisotopic (exact) mass is 328 g/mol. The van der Waals surface area contributed by atoms with Gasteiger partial charge in [0.15, 0.2) is 0 Å². The van der Waals surface area contributed by atoms with Crippen molar-refractivity contribution < 1.29 is 9.59 Å². The van der Waals surface area contributed by atoms with E-state index in [1.807, 2.05) is 22.6 Å². The van der Waals surface area contributed by atoms with Gasteiger partial charge in [-0.05, 0) is 64.0 Å². The van der Waals surface area contributed by atoms with Crippen LogP contribution >= 0.6 is 45.8 Å². The predicted octanol–water partition coefficient (Wildman–Crippen LogP) is 3.05. The fourth-order valence-corrected chi connectivity index (χ4v) is 1.71. The summed E-state index contributed by atoms with van der Waals surface area (Å²) in [6.45, 7) is 0. The minimum atomic E-state index is -0.599. The summed E-state index contributed by atoms with van der Waals surface area (Å²) in [4.78, 5) is 21.6. The summed E-state index contributed by atoms with van der Waals surface area (Å²) in [7, 11) is 0. The Balaban J connectivity index is 3.26. The number of carbonyl (C=O) groups excluding carboxylic acids is 2. The highest BCUT2D eigenvalue weighted by molar-refractivity contribution is 14.1. The summed E-state index contributed by atoms with van der Waals surface area (Å²) < 4.78 is 0.744. The van der Waals surface area contributed by atoms with Gasteiger partial charge in [0, 0.05) is 14.7 Å². The first kappa shape index (κ1) is 10.9. The van der Waals surface area contributed by atoms with Crippen molar-refractivity contribution in [2.24, 2.45) is 0 Å². The number of carbonyl (C=O) groups is 2. The van der Waals surface area contributed by atoms with Crippen LogP contribution in [0.4, 0.5) is 0 Å². The maximum atomic E-state index is 10.8. The van der Waals surface area contributed by atoms with Gasteiger partial charge in [0.2, 0.25) is 0 Å². The third-order valence-corrected chi connectivity index (χ3v) is 2.41. The largest absolute Gasteiger partial charge is 0.276 e. The second kappa shape index (κ2) is 4.39. The molecule has 0 radical (unpaired) electrons. The average molecular weight is 329 g/mol. The van der Waals surface area contributed by atoms with E-state index in [-0.39, 0.29) is 11.1 Å². The Morgan fingerprint density at radius 1 is 1.00 bits per heavy atom. The van der Waals surface area contributed by atoms with Crippen LogP contribution in [0.2, 0.25) is 0 Å². The molecule has 0 heterocycles. The Morgan fingerprint density at radius 2 is 1.38 bits per heavy atom. The minimum absolute atomic E-state index is 0.276. The molecule has 5 heteroatoms. The lowest BCUT2D eigenvalue weighted by Crippen LogP contribution is -1.96. The molecule has 0 N–H and O–H groups in total. The van der Waals surface area contributed by atoms with Crippen molar-refractivity contribution in [1.29, 1.82) is 0 Å². The van der Waals surface area contributed by atoms with Crippen LogP contribution in [0.15, 0.2) is 18.2 Å². The summed E-state index contributed by atoms with van der Waals surface area (Å²) >= 11 is 12.5. The van der Waals surface area contributed by atoms with Crippen LogP contribution in [-0.4, -0.2) is 10.5 Å². The van der Waals surface area contributed by atoms with Crippen LogP contribution in [-0.2, 0) is 0 Å². The maximum Gasteiger partial charge on any atom is 0.252 e. The molecule has 1 rings (SSSR count). The van der Waals surface area contributed by atoms with Gasteiger partial charge < -0.3 is 0 Å². The van der Waals surface area contributed by atoms with E-state index < -0.39 is 10.5 Å². The highest BCUT2D eigenvalue weighted by Gasteiger charge is 2.08. The third-order valence-electron chi connectivity index (χ3n) is 1.35. The van der Waals surface area contributed by atoms with E-state index in [2.05, 4.69) is 0 Å². The molecule has 0 unspecified atom stereocenters. The van der Waals surface area contributed by atoms with Crippen LogP contribution in [0.3, 0.4) is 0 Å². The van der Waals surface area contributed by atoms with Crippen molar-refractivity contribution in [1.82, 2.24) is 0 Å². The molecule has 0 amide bonds. The zero-order valence-corrected chi connectivity index (χ0v) is 9.85. The van der Waals surface area contributed by atoms with Crippen molar-refractivity contribution in [3.05, 3.63) is 32.9 Å². The van der Waals surface area contributed by atoms with Crippen molar-refractivity contribution in [3.63, 3.8) is 0 Å². The van der Waals surface area contributed by atoms with Crippen LogP contribution in [0, 0.1) is 3.57 Å². The summed E-state index contributed by atoms with van der Waals surface area (Å²) in [5, 5.41) is -1.20. The number of hydrogen-bond donors (Lipinski definition) is 0. The molecule has 13 heavy (non-hydrogen) atoms. The molecule has 0 atom stereocenters. The SMILES string of the molecule is O=C(Cl)c1cc(I)cc(C(=O)Cl)c1. The fraction of sp³-hybridized carbons (Fsp3) is 0. The molecular formula is C8H3Cl2IO2. The molecular weight excluding hydrogens is 326 g/mol. The second-order valence-electron chi connectivity index (χ2n) is 2.28. The van der Waals surface area contributed by atoms with Gasteiger partial charge >= 0.3 is 0 Å². The molecule has 0 fully saturated rings. The zero-order valence-electron chi connectivity index (χ0n) is 6.18. The molecule has 2 nitrogen and oxygen atoms in total. The van der Waals surface area contributed by atoms with Gasteiger partial charge in [-0.15, -0.1) is 0 Å². The lowest BCUT2D eigenvalue weighted by Gasteiger charge is -1.98. The molecule has 68 valence electrons. The van der Waals surface area contributed by atoms with E-state index in [1.54, 1.807) is 12.1 Å². The molecule has 0 aliphatic rings. The molecule has 1 aromatic carbocycles. The van der Waals surface area contributed by atoms with Crippen molar-refractivity contribution in [2.75, 3.05) is 0 Å². The smallest absolute Gasteiger partial charge is 0.252 e. The molecule has 0 aromatic heterocycles. The van der Waals surface area contributed by atoms with Crippen LogP contribution in [0.5, 0.6) is 0 Å². The van der Waals surface area contributed by atoms with Gasteiger partial charge in [-0.3, -0.25) is 9.59 Å². The maximum absolute atomic E-state index is 10.8. The fourth-order valence-electron chi connectivity index (χ4n) is 0.817. The highest BCUT2D eigenvalue weighted by Crippen LogP contribution is 2.15. The number of benzene rings is 1. The van der Waals surface area contributed by atoms with Crippen molar-refractivity contribution in [3.8, 4) is 0 Å². The first-order valence-corrected chi connectivity index (χ1v) is 5.04. The van der Waals surface area contributed by atoms with Crippen LogP contribution in [0.25, 0.3) is 0 Å². The lowest BCUT2D eigenvalue weighted by atomic mass is 10.1. The molecule has 0 aliphatic heterocycles. The van der Waals surface area contributed by atoms with Gasteiger partial charge in [-0.1, -0.05) is 0 Å². The average Bonchev–Trinajstić information content (AvgIpc) is 2.03.